The van der Waals surface area contributed by atoms with E-state index in [2.05, 4.69) is 12.2 Å². The first-order chi connectivity index (χ1) is 9.24. The lowest BCUT2D eigenvalue weighted by Gasteiger charge is -2.18. The highest BCUT2D eigenvalue weighted by molar-refractivity contribution is 5.92. The molecule has 0 saturated heterocycles. The highest BCUT2D eigenvalue weighted by Crippen LogP contribution is 2.51. The first kappa shape index (κ1) is 13.9. The van der Waals surface area contributed by atoms with Gasteiger partial charge in [0.25, 0.3) is 0 Å². The summed E-state index contributed by atoms with van der Waals surface area (Å²) in [5, 5.41) is 3.08. The number of ether oxygens (including phenoxy) is 1. The van der Waals surface area contributed by atoms with Crippen LogP contribution in [0.2, 0.25) is 0 Å². The lowest BCUT2D eigenvalue weighted by molar-refractivity contribution is -0.123. The lowest BCUT2D eigenvalue weighted by Crippen LogP contribution is -2.35. The molecule has 1 aliphatic carbocycles. The van der Waals surface area contributed by atoms with Crippen LogP contribution in [0.5, 0.6) is 5.75 Å². The van der Waals surface area contributed by atoms with E-state index in [1.54, 1.807) is 7.11 Å². The zero-order chi connectivity index (χ0) is 13.7. The third-order valence-electron chi connectivity index (χ3n) is 3.87. The first-order valence-electron chi connectivity index (χ1n) is 7.16. The summed E-state index contributed by atoms with van der Waals surface area (Å²) in [6, 6.07) is 7.86. The number of nitrogens with one attached hydrogen (secondary N) is 1. The number of para-hydroxylation sites is 1. The van der Waals surface area contributed by atoms with Crippen LogP contribution in [0.15, 0.2) is 24.3 Å². The van der Waals surface area contributed by atoms with Crippen LogP contribution in [-0.4, -0.2) is 19.6 Å². The second-order valence-electron chi connectivity index (χ2n) is 5.25. The van der Waals surface area contributed by atoms with Gasteiger partial charge in [0.1, 0.15) is 5.75 Å². The van der Waals surface area contributed by atoms with Crippen molar-refractivity contribution in [1.82, 2.24) is 5.32 Å². The molecule has 0 unspecified atom stereocenters. The molecule has 19 heavy (non-hydrogen) atoms. The Morgan fingerprint density at radius 2 is 2.05 bits per heavy atom. The van der Waals surface area contributed by atoms with Crippen LogP contribution in [0.4, 0.5) is 0 Å². The molecule has 0 aromatic heterocycles. The molecule has 0 atom stereocenters. The Morgan fingerprint density at radius 3 is 2.68 bits per heavy atom. The molecule has 0 aliphatic heterocycles. The van der Waals surface area contributed by atoms with E-state index in [1.165, 1.54) is 12.8 Å². The van der Waals surface area contributed by atoms with Gasteiger partial charge in [-0.3, -0.25) is 4.79 Å². The van der Waals surface area contributed by atoms with Crippen molar-refractivity contribution >= 4 is 5.91 Å². The normalized spacial score (nSPS) is 15.9. The Hall–Kier alpha value is -1.51. The average molecular weight is 261 g/mol. The predicted molar refractivity (Wildman–Crippen MR) is 76.4 cm³/mol. The zero-order valence-electron chi connectivity index (χ0n) is 11.9. The molecule has 3 heteroatoms. The number of rotatable bonds is 7. The topological polar surface area (TPSA) is 38.3 Å². The number of amides is 1. The van der Waals surface area contributed by atoms with Crippen molar-refractivity contribution in [2.75, 3.05) is 13.7 Å². The van der Waals surface area contributed by atoms with Gasteiger partial charge >= 0.3 is 0 Å². The fraction of sp³-hybridized carbons (Fsp3) is 0.562. The first-order valence-corrected chi connectivity index (χ1v) is 7.16. The number of benzene rings is 1. The van der Waals surface area contributed by atoms with Gasteiger partial charge in [0.15, 0.2) is 0 Å². The van der Waals surface area contributed by atoms with Gasteiger partial charge < -0.3 is 10.1 Å². The maximum atomic E-state index is 12.4. The molecule has 1 saturated carbocycles. The molecule has 1 N–H and O–H groups in total. The molecule has 0 spiro atoms. The van der Waals surface area contributed by atoms with Crippen LogP contribution >= 0.6 is 0 Å². The maximum absolute atomic E-state index is 12.4. The molecule has 0 radical (unpaired) electrons. The molecular formula is C16H23NO2. The second-order valence-corrected chi connectivity index (χ2v) is 5.25. The van der Waals surface area contributed by atoms with E-state index in [9.17, 15) is 4.79 Å². The molecule has 0 bridgehead atoms. The van der Waals surface area contributed by atoms with Gasteiger partial charge in [-0.15, -0.1) is 0 Å². The molecule has 1 fully saturated rings. The highest BCUT2D eigenvalue weighted by atomic mass is 16.5. The Labute approximate surface area is 115 Å². The number of methoxy groups -OCH3 is 1. The smallest absolute Gasteiger partial charge is 0.230 e. The summed E-state index contributed by atoms with van der Waals surface area (Å²) in [4.78, 5) is 12.4. The standard InChI is InChI=1S/C16H23NO2/c1-3-4-7-12-17-15(18)16(10-11-16)13-8-5-6-9-14(13)19-2/h5-6,8-9H,3-4,7,10-12H2,1-2H3,(H,17,18). The number of unbranched alkanes of at least 4 members (excludes halogenated alkanes) is 2. The van der Waals surface area contributed by atoms with Crippen LogP contribution in [0.25, 0.3) is 0 Å². The largest absolute Gasteiger partial charge is 0.496 e. The summed E-state index contributed by atoms with van der Waals surface area (Å²) in [5.74, 6) is 0.983. The van der Waals surface area contributed by atoms with Gasteiger partial charge in [-0.25, -0.2) is 0 Å². The van der Waals surface area contributed by atoms with Crippen LogP contribution in [0.3, 0.4) is 0 Å². The van der Waals surface area contributed by atoms with Crippen molar-refractivity contribution in [3.8, 4) is 5.75 Å². The molecule has 104 valence electrons. The minimum atomic E-state index is -0.335. The van der Waals surface area contributed by atoms with Crippen molar-refractivity contribution in [3.63, 3.8) is 0 Å². The van der Waals surface area contributed by atoms with Crippen molar-refractivity contribution in [1.29, 1.82) is 0 Å². The molecule has 1 amide bonds. The van der Waals surface area contributed by atoms with E-state index in [1.807, 2.05) is 24.3 Å². The average Bonchev–Trinajstić information content (AvgIpc) is 3.25. The number of carbonyl (C=O) groups excluding carboxylic acids is 1. The summed E-state index contributed by atoms with van der Waals surface area (Å²) < 4.78 is 5.38. The Morgan fingerprint density at radius 1 is 1.32 bits per heavy atom. The fourth-order valence-electron chi connectivity index (χ4n) is 2.53. The van der Waals surface area contributed by atoms with Crippen molar-refractivity contribution in [2.45, 2.75) is 44.4 Å². The number of hydrogen-bond donors (Lipinski definition) is 1. The Bertz CT molecular complexity index is 438. The fourth-order valence-corrected chi connectivity index (χ4v) is 2.53. The summed E-state index contributed by atoms with van der Waals surface area (Å²) in [5.41, 5.74) is 0.698. The Kier molecular flexibility index (Phi) is 4.46. The monoisotopic (exact) mass is 261 g/mol. The molecular weight excluding hydrogens is 238 g/mol. The third kappa shape index (κ3) is 2.91. The van der Waals surface area contributed by atoms with Gasteiger partial charge in [0.2, 0.25) is 5.91 Å². The quantitative estimate of drug-likeness (QED) is 0.766. The summed E-state index contributed by atoms with van der Waals surface area (Å²) >= 11 is 0. The molecule has 1 aliphatic rings. The number of hydrogen-bond acceptors (Lipinski definition) is 2. The second kappa shape index (κ2) is 6.09. The van der Waals surface area contributed by atoms with E-state index in [-0.39, 0.29) is 11.3 Å². The number of carbonyl (C=O) groups is 1. The highest BCUT2D eigenvalue weighted by Gasteiger charge is 2.52. The van der Waals surface area contributed by atoms with Crippen LogP contribution in [-0.2, 0) is 10.2 Å². The predicted octanol–water partition coefficient (Wildman–Crippen LogP) is 3.03. The van der Waals surface area contributed by atoms with Crippen molar-refractivity contribution in [2.24, 2.45) is 0 Å². The van der Waals surface area contributed by atoms with Crippen molar-refractivity contribution < 1.29 is 9.53 Å². The summed E-state index contributed by atoms with van der Waals surface area (Å²) in [6.45, 7) is 2.95. The van der Waals surface area contributed by atoms with E-state index in [4.69, 9.17) is 4.74 Å². The summed E-state index contributed by atoms with van der Waals surface area (Å²) in [6.07, 6.45) is 5.25. The maximum Gasteiger partial charge on any atom is 0.230 e. The summed E-state index contributed by atoms with van der Waals surface area (Å²) in [7, 11) is 1.66. The lowest BCUT2D eigenvalue weighted by atomic mass is 9.94. The van der Waals surface area contributed by atoms with Gasteiger partial charge in [-0.2, -0.15) is 0 Å². The van der Waals surface area contributed by atoms with Crippen LogP contribution < -0.4 is 10.1 Å². The molecule has 1 aromatic rings. The molecule has 2 rings (SSSR count). The zero-order valence-corrected chi connectivity index (χ0v) is 11.9. The van der Waals surface area contributed by atoms with Gasteiger partial charge in [0.05, 0.1) is 12.5 Å². The van der Waals surface area contributed by atoms with Crippen LogP contribution in [0.1, 0.15) is 44.6 Å². The van der Waals surface area contributed by atoms with E-state index in [0.29, 0.717) is 0 Å². The van der Waals surface area contributed by atoms with Gasteiger partial charge in [0, 0.05) is 12.1 Å². The molecule has 1 aromatic carbocycles. The van der Waals surface area contributed by atoms with Gasteiger partial charge in [-0.05, 0) is 25.3 Å². The van der Waals surface area contributed by atoms with E-state index < -0.39 is 0 Å². The van der Waals surface area contributed by atoms with Crippen molar-refractivity contribution in [3.05, 3.63) is 29.8 Å². The van der Waals surface area contributed by atoms with Gasteiger partial charge in [-0.1, -0.05) is 38.0 Å². The minimum Gasteiger partial charge on any atom is -0.496 e. The Balaban J connectivity index is 2.04. The minimum absolute atomic E-state index is 0.160. The SMILES string of the molecule is CCCCCNC(=O)C1(c2ccccc2OC)CC1. The van der Waals surface area contributed by atoms with E-state index in [0.717, 1.165) is 37.1 Å². The van der Waals surface area contributed by atoms with E-state index >= 15 is 0 Å². The molecule has 0 heterocycles. The third-order valence-corrected chi connectivity index (χ3v) is 3.87. The molecule has 3 nitrogen and oxygen atoms in total. The van der Waals surface area contributed by atoms with Crippen LogP contribution in [0, 0.1) is 0 Å².